The Morgan fingerprint density at radius 2 is 1.84 bits per heavy atom. The predicted molar refractivity (Wildman–Crippen MR) is 102 cm³/mol. The highest BCUT2D eigenvalue weighted by Crippen LogP contribution is 2.21. The maximum Gasteiger partial charge on any atom is 0.243 e. The lowest BCUT2D eigenvalue weighted by Crippen LogP contribution is -2.52. The molecule has 0 spiro atoms. The van der Waals surface area contributed by atoms with E-state index in [-0.39, 0.29) is 29.1 Å². The molecule has 0 aromatic heterocycles. The smallest absolute Gasteiger partial charge is 0.243 e. The number of hydrogen-bond acceptors (Lipinski definition) is 5. The van der Waals surface area contributed by atoms with Gasteiger partial charge in [0, 0.05) is 31.4 Å². The van der Waals surface area contributed by atoms with Gasteiger partial charge in [-0.2, -0.15) is 4.31 Å². The number of nitrogens with one attached hydrogen (secondary N) is 2. The molecule has 1 heterocycles. The van der Waals surface area contributed by atoms with Gasteiger partial charge >= 0.3 is 0 Å². The average molecular weight is 412 g/mol. The first-order chi connectivity index (χ1) is 11.3. The van der Waals surface area contributed by atoms with Crippen LogP contribution in [0.5, 0.6) is 0 Å². The molecule has 10 heteroatoms. The van der Waals surface area contributed by atoms with Gasteiger partial charge in [0.25, 0.3) is 0 Å². The fourth-order valence-corrected chi connectivity index (χ4v) is 5.47. The minimum Gasteiger partial charge on any atom is -0.314 e. The Bertz CT molecular complexity index is 751. The molecule has 1 aromatic rings. The monoisotopic (exact) mass is 411 g/mol. The van der Waals surface area contributed by atoms with Crippen LogP contribution in [0.15, 0.2) is 29.2 Å². The Morgan fingerprint density at radius 3 is 2.40 bits per heavy atom. The molecule has 0 bridgehead atoms. The average Bonchev–Trinajstić information content (AvgIpc) is 2.53. The summed E-state index contributed by atoms with van der Waals surface area (Å²) in [5.74, 6) is 0.0574. The molecule has 2 rings (SSSR count). The molecule has 2 N–H and O–H groups in total. The molecule has 1 unspecified atom stereocenters. The number of hydrogen-bond donors (Lipinski definition) is 2. The molecule has 1 aliphatic rings. The van der Waals surface area contributed by atoms with E-state index in [0.717, 1.165) is 6.42 Å². The Morgan fingerprint density at radius 1 is 1.20 bits per heavy atom. The van der Waals surface area contributed by atoms with Gasteiger partial charge in [-0.05, 0) is 37.6 Å². The van der Waals surface area contributed by atoms with E-state index in [4.69, 9.17) is 0 Å². The summed E-state index contributed by atoms with van der Waals surface area (Å²) in [5.41, 5.74) is 0.374. The highest BCUT2D eigenvalue weighted by Gasteiger charge is 2.30. The molecule has 1 aliphatic heterocycles. The lowest BCUT2D eigenvalue weighted by Gasteiger charge is -2.32. The summed E-state index contributed by atoms with van der Waals surface area (Å²) in [7, 11) is -6.96. The molecule has 7 nitrogen and oxygen atoms in total. The van der Waals surface area contributed by atoms with Crippen LogP contribution < -0.4 is 10.0 Å². The summed E-state index contributed by atoms with van der Waals surface area (Å²) in [4.78, 5) is 0.174. The Kier molecular flexibility index (Phi) is 8.14. The van der Waals surface area contributed by atoms with Crippen molar-refractivity contribution in [3.05, 3.63) is 24.3 Å². The van der Waals surface area contributed by atoms with Crippen molar-refractivity contribution in [3.8, 4) is 0 Å². The predicted octanol–water partition coefficient (Wildman–Crippen LogP) is 1.63. The minimum absolute atomic E-state index is 0. The van der Waals surface area contributed by atoms with E-state index in [9.17, 15) is 16.8 Å². The summed E-state index contributed by atoms with van der Waals surface area (Å²) in [5, 5.41) is 3.16. The summed E-state index contributed by atoms with van der Waals surface area (Å²) in [6, 6.07) is 5.76. The lowest BCUT2D eigenvalue weighted by molar-refractivity contribution is 0.284. The zero-order chi connectivity index (χ0) is 17.8. The zero-order valence-corrected chi connectivity index (χ0v) is 16.9. The van der Waals surface area contributed by atoms with Crippen LogP contribution in [0.3, 0.4) is 0 Å². The molecule has 0 aliphatic carbocycles. The second-order valence-electron chi connectivity index (χ2n) is 5.97. The van der Waals surface area contributed by atoms with Gasteiger partial charge in [-0.25, -0.2) is 16.8 Å². The standard InChI is InChI=1S/C15H25N3O4S2.ClH/c1-3-4-11-23(19,20)17-14-5-7-15(8-6-14)24(21,22)18-10-9-16-12-13(18)2;/h5-8,13,16-17H,3-4,9-12H2,1-2H3;1H. The molecule has 1 saturated heterocycles. The van der Waals surface area contributed by atoms with Crippen LogP contribution in [-0.2, 0) is 20.0 Å². The Hall–Kier alpha value is -0.870. The summed E-state index contributed by atoms with van der Waals surface area (Å²) in [6.45, 7) is 5.45. The van der Waals surface area contributed by atoms with E-state index in [0.29, 0.717) is 31.7 Å². The maximum atomic E-state index is 12.7. The molecule has 1 atom stereocenters. The van der Waals surface area contributed by atoms with Crippen LogP contribution in [0.25, 0.3) is 0 Å². The molecule has 1 aromatic carbocycles. The van der Waals surface area contributed by atoms with Gasteiger partial charge in [0.2, 0.25) is 20.0 Å². The Labute approximate surface area is 156 Å². The minimum atomic E-state index is -3.57. The largest absolute Gasteiger partial charge is 0.314 e. The van der Waals surface area contributed by atoms with Crippen molar-refractivity contribution < 1.29 is 16.8 Å². The van der Waals surface area contributed by atoms with Crippen LogP contribution in [0.1, 0.15) is 26.7 Å². The highest BCUT2D eigenvalue weighted by atomic mass is 35.5. The van der Waals surface area contributed by atoms with Crippen LogP contribution >= 0.6 is 12.4 Å². The summed E-state index contributed by atoms with van der Waals surface area (Å²) < 4.78 is 53.1. The van der Waals surface area contributed by atoms with Crippen molar-refractivity contribution in [3.63, 3.8) is 0 Å². The molecule has 144 valence electrons. The van der Waals surface area contributed by atoms with Crippen molar-refractivity contribution in [2.75, 3.05) is 30.1 Å². The fourth-order valence-electron chi connectivity index (χ4n) is 2.57. The zero-order valence-electron chi connectivity index (χ0n) is 14.4. The first-order valence-corrected chi connectivity index (χ1v) is 11.2. The quantitative estimate of drug-likeness (QED) is 0.711. The number of benzene rings is 1. The molecular formula is C15H26ClN3O4S2. The first-order valence-electron chi connectivity index (χ1n) is 8.09. The van der Waals surface area contributed by atoms with Crippen molar-refractivity contribution in [1.82, 2.24) is 9.62 Å². The molecule has 0 radical (unpaired) electrons. The van der Waals surface area contributed by atoms with E-state index in [1.807, 2.05) is 13.8 Å². The number of sulfonamides is 2. The van der Waals surface area contributed by atoms with E-state index >= 15 is 0 Å². The second kappa shape index (κ2) is 9.18. The van der Waals surface area contributed by atoms with Gasteiger partial charge in [0.1, 0.15) is 0 Å². The fraction of sp³-hybridized carbons (Fsp3) is 0.600. The van der Waals surface area contributed by atoms with Crippen LogP contribution in [0, 0.1) is 0 Å². The molecule has 0 amide bonds. The van der Waals surface area contributed by atoms with E-state index in [1.165, 1.54) is 28.6 Å². The number of rotatable bonds is 7. The van der Waals surface area contributed by atoms with Gasteiger partial charge < -0.3 is 5.32 Å². The topological polar surface area (TPSA) is 95.6 Å². The maximum absolute atomic E-state index is 12.7. The SMILES string of the molecule is CCCCS(=O)(=O)Nc1ccc(S(=O)(=O)N2CCNCC2C)cc1.Cl. The summed E-state index contributed by atoms with van der Waals surface area (Å²) in [6.07, 6.45) is 1.38. The van der Waals surface area contributed by atoms with E-state index in [2.05, 4.69) is 10.0 Å². The third-order valence-corrected chi connectivity index (χ3v) is 7.34. The van der Waals surface area contributed by atoms with Gasteiger partial charge in [0.15, 0.2) is 0 Å². The van der Waals surface area contributed by atoms with E-state index < -0.39 is 20.0 Å². The molecule has 0 saturated carbocycles. The number of halogens is 1. The highest BCUT2D eigenvalue weighted by molar-refractivity contribution is 7.92. The van der Waals surface area contributed by atoms with Crippen molar-refractivity contribution in [2.45, 2.75) is 37.6 Å². The van der Waals surface area contributed by atoms with Crippen LogP contribution in [0.2, 0.25) is 0 Å². The molecular weight excluding hydrogens is 386 g/mol. The van der Waals surface area contributed by atoms with Gasteiger partial charge in [-0.15, -0.1) is 12.4 Å². The first kappa shape index (κ1) is 22.2. The third kappa shape index (κ3) is 5.82. The summed E-state index contributed by atoms with van der Waals surface area (Å²) >= 11 is 0. The normalized spacial score (nSPS) is 19.2. The van der Waals surface area contributed by atoms with E-state index in [1.54, 1.807) is 0 Å². The third-order valence-electron chi connectivity index (χ3n) is 3.94. The lowest BCUT2D eigenvalue weighted by atomic mass is 10.3. The number of nitrogens with zero attached hydrogens (tertiary/aromatic N) is 1. The Balaban J connectivity index is 0.00000312. The molecule has 1 fully saturated rings. The number of unbranched alkanes of at least 4 members (excludes halogenated alkanes) is 1. The van der Waals surface area contributed by atoms with Crippen LogP contribution in [0.4, 0.5) is 5.69 Å². The number of piperazine rings is 1. The van der Waals surface area contributed by atoms with Crippen molar-refractivity contribution in [2.24, 2.45) is 0 Å². The van der Waals surface area contributed by atoms with Gasteiger partial charge in [0.05, 0.1) is 10.6 Å². The number of anilines is 1. The van der Waals surface area contributed by atoms with Gasteiger partial charge in [-0.1, -0.05) is 13.3 Å². The van der Waals surface area contributed by atoms with Crippen molar-refractivity contribution >= 4 is 38.1 Å². The van der Waals surface area contributed by atoms with Crippen molar-refractivity contribution in [1.29, 1.82) is 0 Å². The molecule has 25 heavy (non-hydrogen) atoms. The van der Waals surface area contributed by atoms with Gasteiger partial charge in [-0.3, -0.25) is 4.72 Å². The second-order valence-corrected chi connectivity index (χ2v) is 9.70. The van der Waals surface area contributed by atoms with Crippen LogP contribution in [-0.4, -0.2) is 52.6 Å².